The van der Waals surface area contributed by atoms with Crippen molar-refractivity contribution >= 4 is 11.6 Å². The zero-order chi connectivity index (χ0) is 15.2. The Morgan fingerprint density at radius 3 is 2.57 bits per heavy atom. The Bertz CT molecular complexity index is 626. The van der Waals surface area contributed by atoms with Gasteiger partial charge in [-0.15, -0.1) is 0 Å². The first-order valence-electron chi connectivity index (χ1n) is 6.63. The molecular formula is C16H16FNO3. The molecule has 0 fully saturated rings. The van der Waals surface area contributed by atoms with Gasteiger partial charge in [-0.05, 0) is 42.8 Å². The number of ether oxygens (including phenoxy) is 1. The van der Waals surface area contributed by atoms with Gasteiger partial charge in [0.15, 0.2) is 0 Å². The lowest BCUT2D eigenvalue weighted by Crippen LogP contribution is -2.13. The topological polar surface area (TPSA) is 58.6 Å². The second-order valence-electron chi connectivity index (χ2n) is 4.49. The van der Waals surface area contributed by atoms with Crippen LogP contribution < -0.4 is 10.1 Å². The Balaban J connectivity index is 2.05. The number of phenolic OH excluding ortho intramolecular Hbond substituents is 1. The Labute approximate surface area is 122 Å². The number of aromatic hydroxyl groups is 1. The van der Waals surface area contributed by atoms with E-state index in [0.29, 0.717) is 18.0 Å². The molecule has 0 bridgehead atoms. The van der Waals surface area contributed by atoms with Gasteiger partial charge >= 0.3 is 0 Å². The van der Waals surface area contributed by atoms with Gasteiger partial charge in [-0.25, -0.2) is 4.39 Å². The summed E-state index contributed by atoms with van der Waals surface area (Å²) < 4.78 is 19.0. The van der Waals surface area contributed by atoms with Gasteiger partial charge < -0.3 is 15.2 Å². The van der Waals surface area contributed by atoms with E-state index in [4.69, 9.17) is 9.84 Å². The number of amides is 1. The highest BCUT2D eigenvalue weighted by Gasteiger charge is 2.12. The molecule has 2 rings (SSSR count). The van der Waals surface area contributed by atoms with Gasteiger partial charge in [-0.2, -0.15) is 0 Å². The van der Waals surface area contributed by atoms with Crippen LogP contribution >= 0.6 is 0 Å². The molecule has 0 heterocycles. The summed E-state index contributed by atoms with van der Waals surface area (Å²) in [7, 11) is 0. The Hall–Kier alpha value is -2.56. The number of phenols is 1. The molecule has 21 heavy (non-hydrogen) atoms. The van der Waals surface area contributed by atoms with Gasteiger partial charge in [0.2, 0.25) is 0 Å². The summed E-state index contributed by atoms with van der Waals surface area (Å²) in [5.41, 5.74) is 0.412. The quantitative estimate of drug-likeness (QED) is 0.884. The van der Waals surface area contributed by atoms with Crippen LogP contribution in [0.15, 0.2) is 42.5 Å². The van der Waals surface area contributed by atoms with Gasteiger partial charge in [0.25, 0.3) is 5.91 Å². The third-order valence-corrected chi connectivity index (χ3v) is 2.78. The van der Waals surface area contributed by atoms with Crippen molar-refractivity contribution in [1.82, 2.24) is 0 Å². The largest absolute Gasteiger partial charge is 0.508 e. The Morgan fingerprint density at radius 1 is 1.24 bits per heavy atom. The van der Waals surface area contributed by atoms with E-state index in [9.17, 15) is 9.18 Å². The summed E-state index contributed by atoms with van der Waals surface area (Å²) in [6.07, 6.45) is 0.915. The smallest absolute Gasteiger partial charge is 0.258 e. The van der Waals surface area contributed by atoms with Gasteiger partial charge in [0.05, 0.1) is 12.2 Å². The summed E-state index contributed by atoms with van der Waals surface area (Å²) in [5.74, 6) is -0.850. The Kier molecular flexibility index (Phi) is 4.77. The molecule has 0 radical (unpaired) electrons. The molecule has 2 aromatic carbocycles. The minimum absolute atomic E-state index is 0.126. The summed E-state index contributed by atoms with van der Waals surface area (Å²) in [6.45, 7) is 2.64. The number of carbonyl (C=O) groups excluding carboxylic acids is 1. The number of halogens is 1. The van der Waals surface area contributed by atoms with E-state index < -0.39 is 11.7 Å². The maximum absolute atomic E-state index is 13.6. The predicted octanol–water partition coefficient (Wildman–Crippen LogP) is 3.57. The van der Waals surface area contributed by atoms with Crippen LogP contribution in [0.3, 0.4) is 0 Å². The first-order chi connectivity index (χ1) is 10.1. The second kappa shape index (κ2) is 6.74. The van der Waals surface area contributed by atoms with E-state index >= 15 is 0 Å². The van der Waals surface area contributed by atoms with Crippen LogP contribution in [0.2, 0.25) is 0 Å². The standard InChI is InChI=1S/C16H16FNO3/c1-2-9-21-13-6-3-11(4-7-13)18-16(20)14-8-5-12(19)10-15(14)17/h3-8,10,19H,2,9H2,1H3,(H,18,20). The number of benzene rings is 2. The van der Waals surface area contributed by atoms with E-state index in [1.165, 1.54) is 12.1 Å². The third-order valence-electron chi connectivity index (χ3n) is 2.78. The van der Waals surface area contributed by atoms with Gasteiger partial charge in [0.1, 0.15) is 17.3 Å². The zero-order valence-corrected chi connectivity index (χ0v) is 11.6. The molecule has 4 nitrogen and oxygen atoms in total. The van der Waals surface area contributed by atoms with Crippen molar-refractivity contribution < 1.29 is 19.0 Å². The molecule has 1 amide bonds. The predicted molar refractivity (Wildman–Crippen MR) is 78.2 cm³/mol. The fourth-order valence-electron chi connectivity index (χ4n) is 1.74. The van der Waals surface area contributed by atoms with Crippen LogP contribution in [0.5, 0.6) is 11.5 Å². The molecule has 0 aromatic heterocycles. The molecule has 5 heteroatoms. The molecule has 110 valence electrons. The highest BCUT2D eigenvalue weighted by atomic mass is 19.1. The number of rotatable bonds is 5. The van der Waals surface area contributed by atoms with Crippen molar-refractivity contribution in [1.29, 1.82) is 0 Å². The van der Waals surface area contributed by atoms with E-state index in [1.54, 1.807) is 24.3 Å². The molecular weight excluding hydrogens is 273 g/mol. The summed E-state index contributed by atoms with van der Waals surface area (Å²) in [6, 6.07) is 10.2. The molecule has 2 aromatic rings. The monoisotopic (exact) mass is 289 g/mol. The number of hydrogen-bond acceptors (Lipinski definition) is 3. The fourth-order valence-corrected chi connectivity index (χ4v) is 1.74. The van der Waals surface area contributed by atoms with Gasteiger partial charge in [-0.1, -0.05) is 6.92 Å². The lowest BCUT2D eigenvalue weighted by Gasteiger charge is -2.08. The summed E-state index contributed by atoms with van der Waals surface area (Å²) >= 11 is 0. The van der Waals surface area contributed by atoms with Crippen molar-refractivity contribution in [3.63, 3.8) is 0 Å². The van der Waals surface area contributed by atoms with Gasteiger partial charge in [0, 0.05) is 11.8 Å². The minimum Gasteiger partial charge on any atom is -0.508 e. The molecule has 2 N–H and O–H groups in total. The second-order valence-corrected chi connectivity index (χ2v) is 4.49. The summed E-state index contributed by atoms with van der Waals surface area (Å²) in [4.78, 5) is 11.9. The maximum Gasteiger partial charge on any atom is 0.258 e. The minimum atomic E-state index is -0.768. The third kappa shape index (κ3) is 3.95. The van der Waals surface area contributed by atoms with E-state index in [-0.39, 0.29) is 11.3 Å². The first-order valence-corrected chi connectivity index (χ1v) is 6.63. The Morgan fingerprint density at radius 2 is 1.95 bits per heavy atom. The average molecular weight is 289 g/mol. The molecule has 0 spiro atoms. The molecule has 0 aliphatic carbocycles. The number of carbonyl (C=O) groups is 1. The van der Waals surface area contributed by atoms with Crippen molar-refractivity contribution in [3.05, 3.63) is 53.8 Å². The van der Waals surface area contributed by atoms with Crippen LogP contribution in [0.1, 0.15) is 23.7 Å². The fraction of sp³-hybridized carbons (Fsp3) is 0.188. The van der Waals surface area contributed by atoms with Crippen molar-refractivity contribution in [3.8, 4) is 11.5 Å². The van der Waals surface area contributed by atoms with Crippen molar-refractivity contribution in [2.75, 3.05) is 11.9 Å². The van der Waals surface area contributed by atoms with E-state index in [0.717, 1.165) is 12.5 Å². The van der Waals surface area contributed by atoms with Crippen LogP contribution in [-0.2, 0) is 0 Å². The van der Waals surface area contributed by atoms with Crippen LogP contribution in [-0.4, -0.2) is 17.6 Å². The first kappa shape index (κ1) is 14.8. The molecule has 0 atom stereocenters. The van der Waals surface area contributed by atoms with Gasteiger partial charge in [-0.3, -0.25) is 4.79 Å². The lowest BCUT2D eigenvalue weighted by molar-refractivity contribution is 0.102. The number of anilines is 1. The molecule has 0 aliphatic rings. The highest BCUT2D eigenvalue weighted by molar-refractivity contribution is 6.04. The number of hydrogen-bond donors (Lipinski definition) is 2. The molecule has 0 saturated carbocycles. The summed E-state index contributed by atoms with van der Waals surface area (Å²) in [5, 5.41) is 11.7. The van der Waals surface area contributed by atoms with E-state index in [2.05, 4.69) is 5.32 Å². The average Bonchev–Trinajstić information content (AvgIpc) is 2.46. The van der Waals surface area contributed by atoms with Crippen LogP contribution in [0.25, 0.3) is 0 Å². The zero-order valence-electron chi connectivity index (χ0n) is 11.6. The SMILES string of the molecule is CCCOc1ccc(NC(=O)c2ccc(O)cc2F)cc1. The molecule has 0 saturated heterocycles. The highest BCUT2D eigenvalue weighted by Crippen LogP contribution is 2.19. The van der Waals surface area contributed by atoms with Crippen LogP contribution in [0, 0.1) is 5.82 Å². The van der Waals surface area contributed by atoms with E-state index in [1.807, 2.05) is 6.92 Å². The lowest BCUT2D eigenvalue weighted by atomic mass is 10.2. The normalized spacial score (nSPS) is 10.2. The van der Waals surface area contributed by atoms with Crippen molar-refractivity contribution in [2.45, 2.75) is 13.3 Å². The maximum atomic E-state index is 13.6. The van der Waals surface area contributed by atoms with Crippen LogP contribution in [0.4, 0.5) is 10.1 Å². The van der Waals surface area contributed by atoms with Crippen molar-refractivity contribution in [2.24, 2.45) is 0 Å². The number of nitrogens with one attached hydrogen (secondary N) is 1. The molecule has 0 unspecified atom stereocenters. The molecule has 0 aliphatic heterocycles.